The van der Waals surface area contributed by atoms with Crippen LogP contribution in [0.25, 0.3) is 10.2 Å². The summed E-state index contributed by atoms with van der Waals surface area (Å²) in [6.07, 6.45) is 8.34. The third-order valence-corrected chi connectivity index (χ3v) is 7.56. The van der Waals surface area contributed by atoms with Crippen molar-refractivity contribution in [3.05, 3.63) is 16.8 Å². The summed E-state index contributed by atoms with van der Waals surface area (Å²) in [6, 6.07) is 0.125. The summed E-state index contributed by atoms with van der Waals surface area (Å²) in [7, 11) is 1.78. The topological polar surface area (TPSA) is 82.6 Å². The van der Waals surface area contributed by atoms with Crippen LogP contribution in [0.2, 0.25) is 0 Å². The van der Waals surface area contributed by atoms with Crippen LogP contribution in [0.4, 0.5) is 4.79 Å². The summed E-state index contributed by atoms with van der Waals surface area (Å²) >= 11 is 1.78. The minimum absolute atomic E-state index is 0.0955. The minimum Gasteiger partial charge on any atom is -0.474 e. The molecule has 2 aliphatic rings. The molecule has 0 radical (unpaired) electrons. The molecule has 0 saturated heterocycles. The SMILES string of the molecule is CO[C@H](C)C[C@H]1CCc2sc3ncnc(OC4CCC(NC(=O)OC(C)(C)C)CC4)c3c21. The van der Waals surface area contributed by atoms with E-state index in [1.165, 1.54) is 10.4 Å². The molecule has 2 aliphatic carbocycles. The molecule has 1 saturated carbocycles. The molecule has 0 spiro atoms. The van der Waals surface area contributed by atoms with Crippen LogP contribution in [-0.4, -0.2) is 47.0 Å². The first-order valence-electron chi connectivity index (χ1n) is 11.7. The summed E-state index contributed by atoms with van der Waals surface area (Å²) in [4.78, 5) is 23.6. The van der Waals surface area contributed by atoms with E-state index in [-0.39, 0.29) is 24.3 Å². The number of nitrogens with zero attached hydrogens (tertiary/aromatic N) is 2. The third-order valence-electron chi connectivity index (χ3n) is 6.39. The fraction of sp³-hybridized carbons (Fsp3) is 0.708. The lowest BCUT2D eigenvalue weighted by Crippen LogP contribution is -2.42. The second-order valence-electron chi connectivity index (χ2n) is 10.1. The number of hydrogen-bond donors (Lipinski definition) is 1. The summed E-state index contributed by atoms with van der Waals surface area (Å²) in [5, 5.41) is 4.10. The maximum absolute atomic E-state index is 12.1. The molecule has 0 bridgehead atoms. The molecule has 2 atom stereocenters. The van der Waals surface area contributed by atoms with E-state index in [1.54, 1.807) is 24.8 Å². The number of fused-ring (bicyclic) bond motifs is 3. The smallest absolute Gasteiger partial charge is 0.407 e. The van der Waals surface area contributed by atoms with Crippen molar-refractivity contribution in [2.45, 2.75) is 102 Å². The van der Waals surface area contributed by atoms with Gasteiger partial charge >= 0.3 is 6.09 Å². The number of carbonyl (C=O) groups excluding carboxylic acids is 1. The minimum atomic E-state index is -0.484. The standard InChI is InChI=1S/C24H35N3O4S/c1-14(29-5)12-15-6-11-18-19(15)20-21(25-13-26-22(20)32-18)30-17-9-7-16(8-10-17)27-23(28)31-24(2,3)4/h13-17H,6-12H2,1-5H3,(H,27,28)/t14-,15-,16?,17?/m1/s1. The van der Waals surface area contributed by atoms with Crippen molar-refractivity contribution in [2.24, 2.45) is 0 Å². The van der Waals surface area contributed by atoms with Gasteiger partial charge in [-0.15, -0.1) is 11.3 Å². The van der Waals surface area contributed by atoms with Crippen molar-refractivity contribution in [3.63, 3.8) is 0 Å². The van der Waals surface area contributed by atoms with Crippen molar-refractivity contribution in [1.82, 2.24) is 15.3 Å². The van der Waals surface area contributed by atoms with E-state index in [4.69, 9.17) is 14.2 Å². The molecule has 1 fully saturated rings. The zero-order valence-electron chi connectivity index (χ0n) is 19.8. The third kappa shape index (κ3) is 5.34. The molecule has 2 heterocycles. The van der Waals surface area contributed by atoms with Crippen LogP contribution < -0.4 is 10.1 Å². The van der Waals surface area contributed by atoms with E-state index >= 15 is 0 Å². The molecule has 0 aliphatic heterocycles. The van der Waals surface area contributed by atoms with Crippen LogP contribution in [0.3, 0.4) is 0 Å². The van der Waals surface area contributed by atoms with E-state index in [0.29, 0.717) is 11.8 Å². The molecule has 2 aromatic heterocycles. The van der Waals surface area contributed by atoms with Crippen molar-refractivity contribution < 1.29 is 19.0 Å². The molecule has 2 aromatic rings. The second-order valence-corrected chi connectivity index (χ2v) is 11.1. The van der Waals surface area contributed by atoms with Gasteiger partial charge in [-0.2, -0.15) is 0 Å². The predicted molar refractivity (Wildman–Crippen MR) is 126 cm³/mol. The highest BCUT2D eigenvalue weighted by molar-refractivity contribution is 7.19. The fourth-order valence-electron chi connectivity index (χ4n) is 4.82. The van der Waals surface area contributed by atoms with Gasteiger partial charge in [0.05, 0.1) is 11.5 Å². The lowest BCUT2D eigenvalue weighted by molar-refractivity contribution is 0.0470. The number of nitrogens with one attached hydrogen (secondary N) is 1. The van der Waals surface area contributed by atoms with E-state index in [1.807, 2.05) is 20.8 Å². The van der Waals surface area contributed by atoms with Crippen molar-refractivity contribution in [1.29, 1.82) is 0 Å². The zero-order chi connectivity index (χ0) is 22.9. The highest BCUT2D eigenvalue weighted by atomic mass is 32.1. The Morgan fingerprint density at radius 1 is 1.22 bits per heavy atom. The maximum atomic E-state index is 12.1. The van der Waals surface area contributed by atoms with E-state index < -0.39 is 5.60 Å². The highest BCUT2D eigenvalue weighted by Gasteiger charge is 2.32. The lowest BCUT2D eigenvalue weighted by atomic mass is 9.93. The molecule has 8 heteroatoms. The van der Waals surface area contributed by atoms with E-state index in [2.05, 4.69) is 22.2 Å². The molecule has 4 rings (SSSR count). The predicted octanol–water partition coefficient (Wildman–Crippen LogP) is 5.36. The molecule has 1 N–H and O–H groups in total. The average molecular weight is 462 g/mol. The summed E-state index contributed by atoms with van der Waals surface area (Å²) in [5.41, 5.74) is 0.896. The van der Waals surface area contributed by atoms with Crippen molar-refractivity contribution in [2.75, 3.05) is 7.11 Å². The Bertz CT molecular complexity index is 947. The number of carbonyl (C=O) groups is 1. The molecular weight excluding hydrogens is 426 g/mol. The highest BCUT2D eigenvalue weighted by Crippen LogP contribution is 2.47. The number of methoxy groups -OCH3 is 1. The monoisotopic (exact) mass is 461 g/mol. The lowest BCUT2D eigenvalue weighted by Gasteiger charge is -2.30. The fourth-order valence-corrected chi connectivity index (χ4v) is 6.05. The van der Waals surface area contributed by atoms with Gasteiger partial charge in [0.2, 0.25) is 5.88 Å². The average Bonchev–Trinajstić information content (AvgIpc) is 3.28. The number of rotatable bonds is 6. The normalized spacial score (nSPS) is 24.2. The Hall–Kier alpha value is -1.93. The Morgan fingerprint density at radius 2 is 1.97 bits per heavy atom. The van der Waals surface area contributed by atoms with Gasteiger partial charge < -0.3 is 19.5 Å². The Kier molecular flexibility index (Phi) is 6.91. The van der Waals surface area contributed by atoms with E-state index in [9.17, 15) is 4.79 Å². The molecular formula is C24H35N3O4S. The molecule has 32 heavy (non-hydrogen) atoms. The largest absolute Gasteiger partial charge is 0.474 e. The Balaban J connectivity index is 1.42. The first-order chi connectivity index (χ1) is 15.2. The van der Waals surface area contributed by atoms with Crippen LogP contribution in [0.15, 0.2) is 6.33 Å². The molecule has 0 aromatic carbocycles. The van der Waals surface area contributed by atoms with Crippen molar-refractivity contribution in [3.8, 4) is 5.88 Å². The summed E-state index contributed by atoms with van der Waals surface area (Å²) in [5.74, 6) is 1.18. The van der Waals surface area contributed by atoms with Gasteiger partial charge in [0.1, 0.15) is 22.9 Å². The maximum Gasteiger partial charge on any atom is 0.407 e. The van der Waals surface area contributed by atoms with Gasteiger partial charge in [0.15, 0.2) is 0 Å². The van der Waals surface area contributed by atoms with Crippen molar-refractivity contribution >= 4 is 27.6 Å². The first-order valence-corrected chi connectivity index (χ1v) is 12.5. The van der Waals surface area contributed by atoms with Crippen LogP contribution in [-0.2, 0) is 15.9 Å². The molecule has 176 valence electrons. The summed E-state index contributed by atoms with van der Waals surface area (Å²) < 4.78 is 17.4. The second kappa shape index (κ2) is 9.51. The van der Waals surface area contributed by atoms with Crippen LogP contribution in [0.5, 0.6) is 5.88 Å². The van der Waals surface area contributed by atoms with Crippen LogP contribution in [0, 0.1) is 0 Å². The van der Waals surface area contributed by atoms with Crippen LogP contribution in [0.1, 0.15) is 82.6 Å². The van der Waals surface area contributed by atoms with Gasteiger partial charge in [-0.1, -0.05) is 0 Å². The van der Waals surface area contributed by atoms with E-state index in [0.717, 1.165) is 55.2 Å². The number of ether oxygens (including phenoxy) is 3. The van der Waals surface area contributed by atoms with Gasteiger partial charge in [-0.05, 0) is 84.1 Å². The van der Waals surface area contributed by atoms with Gasteiger partial charge in [0, 0.05) is 18.0 Å². The van der Waals surface area contributed by atoms with Gasteiger partial charge in [-0.25, -0.2) is 14.8 Å². The summed E-state index contributed by atoms with van der Waals surface area (Å²) in [6.45, 7) is 7.76. The number of amides is 1. The number of aromatic nitrogens is 2. The number of aryl methyl sites for hydroxylation is 1. The number of thiophene rings is 1. The molecule has 7 nitrogen and oxygen atoms in total. The Labute approximate surface area is 194 Å². The molecule has 1 amide bonds. The quantitative estimate of drug-likeness (QED) is 0.623. The number of alkyl carbamates (subject to hydrolysis) is 1. The first kappa shape index (κ1) is 23.2. The number of hydrogen-bond acceptors (Lipinski definition) is 7. The van der Waals surface area contributed by atoms with Gasteiger partial charge in [-0.3, -0.25) is 0 Å². The Morgan fingerprint density at radius 3 is 2.66 bits per heavy atom. The van der Waals surface area contributed by atoms with Gasteiger partial charge in [0.25, 0.3) is 0 Å². The molecule has 0 unspecified atom stereocenters. The zero-order valence-corrected chi connectivity index (χ0v) is 20.6. The van der Waals surface area contributed by atoms with Crippen LogP contribution >= 0.6 is 11.3 Å².